The Hall–Kier alpha value is -2.11. The number of methoxy groups -OCH3 is 2. The largest absolute Gasteiger partial charge is 0.497 e. The third kappa shape index (κ3) is 3.37. The van der Waals surface area contributed by atoms with E-state index in [9.17, 15) is 4.79 Å². The predicted octanol–water partition coefficient (Wildman–Crippen LogP) is 2.86. The Morgan fingerprint density at radius 3 is 2.67 bits per heavy atom. The monoisotopic (exact) mass is 330 g/mol. The Kier molecular flexibility index (Phi) is 5.33. The molecule has 3 rings (SSSR count). The van der Waals surface area contributed by atoms with Gasteiger partial charge in [-0.25, -0.2) is 0 Å². The van der Waals surface area contributed by atoms with Crippen LogP contribution in [0.5, 0.6) is 5.75 Å². The summed E-state index contributed by atoms with van der Waals surface area (Å²) in [4.78, 5) is 11.2. The topological polar surface area (TPSA) is 54.0 Å². The van der Waals surface area contributed by atoms with Gasteiger partial charge in [0, 0.05) is 13.0 Å². The van der Waals surface area contributed by atoms with E-state index in [1.807, 2.05) is 30.3 Å². The molecule has 0 aromatic heterocycles. The summed E-state index contributed by atoms with van der Waals surface area (Å²) in [5.41, 5.74) is 2.90. The number of carbonyl (C=O) groups excluding carboxylic acids is 1. The molecule has 3 unspecified atom stereocenters. The molecule has 0 radical (unpaired) electrons. The van der Waals surface area contributed by atoms with Gasteiger partial charge in [-0.05, 0) is 35.3 Å². The number of aldehydes is 1. The van der Waals surface area contributed by atoms with Crippen LogP contribution in [0.4, 0.5) is 0 Å². The smallest absolute Gasteiger partial charge is 0.206 e. The molecule has 24 heavy (non-hydrogen) atoms. The lowest BCUT2D eigenvalue weighted by molar-refractivity contribution is -0.133. The summed E-state index contributed by atoms with van der Waals surface area (Å²) in [6.45, 7) is 0.990. The van der Waals surface area contributed by atoms with Crippen molar-refractivity contribution in [3.05, 3.63) is 53.3 Å². The summed E-state index contributed by atoms with van der Waals surface area (Å²) in [5, 5.41) is 0. The summed E-state index contributed by atoms with van der Waals surface area (Å²) in [6.07, 6.45) is 5.02. The van der Waals surface area contributed by atoms with Gasteiger partial charge in [0.15, 0.2) is 0 Å². The minimum absolute atomic E-state index is 0.0444. The highest BCUT2D eigenvalue weighted by atomic mass is 16.7. The molecule has 1 aliphatic heterocycles. The van der Waals surface area contributed by atoms with Crippen LogP contribution in [0.25, 0.3) is 0 Å². The van der Waals surface area contributed by atoms with E-state index in [4.69, 9.17) is 18.9 Å². The first-order chi connectivity index (χ1) is 11.8. The van der Waals surface area contributed by atoms with Crippen molar-refractivity contribution < 1.29 is 23.7 Å². The molecule has 5 heteroatoms. The number of benzene rings is 1. The first kappa shape index (κ1) is 16.7. The minimum Gasteiger partial charge on any atom is -0.497 e. The minimum atomic E-state index is -0.403. The van der Waals surface area contributed by atoms with Crippen LogP contribution in [-0.4, -0.2) is 33.4 Å². The average molecular weight is 330 g/mol. The Labute approximate surface area is 141 Å². The molecule has 0 N–H and O–H groups in total. The van der Waals surface area contributed by atoms with Crippen molar-refractivity contribution in [1.29, 1.82) is 0 Å². The fraction of sp³-hybridized carbons (Fsp3) is 0.421. The zero-order valence-corrected chi connectivity index (χ0v) is 13.9. The molecule has 128 valence electrons. The molecule has 0 amide bonds. The first-order valence-corrected chi connectivity index (χ1v) is 8.00. The molecule has 0 bridgehead atoms. The van der Waals surface area contributed by atoms with Gasteiger partial charge in [-0.1, -0.05) is 18.2 Å². The zero-order valence-electron chi connectivity index (χ0n) is 13.9. The van der Waals surface area contributed by atoms with Crippen molar-refractivity contribution in [1.82, 2.24) is 0 Å². The number of hydrogen-bond donors (Lipinski definition) is 0. The lowest BCUT2D eigenvalue weighted by Gasteiger charge is -2.34. The maximum absolute atomic E-state index is 11.2. The fourth-order valence-electron chi connectivity index (χ4n) is 3.31. The molecule has 1 heterocycles. The summed E-state index contributed by atoms with van der Waals surface area (Å²) in [5.74, 6) is 0.992. The zero-order chi connectivity index (χ0) is 16.9. The molecular weight excluding hydrogens is 308 g/mol. The number of rotatable bonds is 7. The van der Waals surface area contributed by atoms with E-state index in [0.29, 0.717) is 13.2 Å². The second-order valence-corrected chi connectivity index (χ2v) is 5.96. The lowest BCUT2D eigenvalue weighted by atomic mass is 9.84. The van der Waals surface area contributed by atoms with Gasteiger partial charge in [0.2, 0.25) is 6.29 Å². The Balaban J connectivity index is 1.59. The highest BCUT2D eigenvalue weighted by Gasteiger charge is 2.41. The molecule has 1 aromatic rings. The molecule has 1 aromatic carbocycles. The summed E-state index contributed by atoms with van der Waals surface area (Å²) in [6, 6.07) is 7.79. The lowest BCUT2D eigenvalue weighted by Crippen LogP contribution is -2.35. The third-order valence-electron chi connectivity index (χ3n) is 4.61. The van der Waals surface area contributed by atoms with E-state index in [0.717, 1.165) is 35.2 Å². The van der Waals surface area contributed by atoms with Crippen molar-refractivity contribution in [2.75, 3.05) is 20.8 Å². The van der Waals surface area contributed by atoms with Gasteiger partial charge < -0.3 is 18.9 Å². The quantitative estimate of drug-likeness (QED) is 0.720. The van der Waals surface area contributed by atoms with Gasteiger partial charge >= 0.3 is 0 Å². The number of hydrogen-bond acceptors (Lipinski definition) is 5. The van der Waals surface area contributed by atoms with Crippen LogP contribution >= 0.6 is 0 Å². The normalized spacial score (nSPS) is 25.3. The maximum atomic E-state index is 11.2. The standard InChI is InChI=1S/C19H22O5/c1-21-16-6-3-13(4-7-16)10-23-11-15-12-24-19(22-2)18-14(9-20)5-8-17(15)18/h3-7,9,12,17-19H,8,10-11H2,1-2H3. The van der Waals surface area contributed by atoms with Gasteiger partial charge in [0.25, 0.3) is 0 Å². The SMILES string of the molecule is COc1ccc(COCC2=COC(OC)C3C(C=O)=CCC23)cc1. The van der Waals surface area contributed by atoms with Crippen LogP contribution < -0.4 is 4.74 Å². The van der Waals surface area contributed by atoms with Crippen LogP contribution in [-0.2, 0) is 25.6 Å². The Bertz CT molecular complexity index is 632. The number of carbonyl (C=O) groups is 1. The molecule has 0 saturated heterocycles. The van der Waals surface area contributed by atoms with E-state index < -0.39 is 6.29 Å². The van der Waals surface area contributed by atoms with E-state index >= 15 is 0 Å². The molecule has 1 aliphatic carbocycles. The number of ether oxygens (including phenoxy) is 4. The second-order valence-electron chi connectivity index (χ2n) is 5.96. The van der Waals surface area contributed by atoms with Crippen molar-refractivity contribution in [2.24, 2.45) is 11.8 Å². The molecule has 2 aliphatic rings. The molecule has 0 fully saturated rings. The van der Waals surface area contributed by atoms with Gasteiger partial charge in [0.1, 0.15) is 12.0 Å². The first-order valence-electron chi connectivity index (χ1n) is 8.00. The summed E-state index contributed by atoms with van der Waals surface area (Å²) < 4.78 is 22.0. The van der Waals surface area contributed by atoms with Crippen LogP contribution in [0.1, 0.15) is 12.0 Å². The van der Waals surface area contributed by atoms with Crippen molar-refractivity contribution in [3.63, 3.8) is 0 Å². The third-order valence-corrected chi connectivity index (χ3v) is 4.61. The van der Waals surface area contributed by atoms with E-state index in [1.54, 1.807) is 20.5 Å². The second kappa shape index (κ2) is 7.64. The van der Waals surface area contributed by atoms with E-state index in [-0.39, 0.29) is 11.8 Å². The van der Waals surface area contributed by atoms with Crippen LogP contribution in [0.15, 0.2) is 47.7 Å². The summed E-state index contributed by atoms with van der Waals surface area (Å²) >= 11 is 0. The van der Waals surface area contributed by atoms with E-state index in [1.165, 1.54) is 0 Å². The van der Waals surface area contributed by atoms with Gasteiger partial charge in [-0.2, -0.15) is 0 Å². The van der Waals surface area contributed by atoms with Gasteiger partial charge in [0.05, 0.1) is 32.5 Å². The van der Waals surface area contributed by atoms with E-state index in [2.05, 4.69) is 0 Å². The highest BCUT2D eigenvalue weighted by Crippen LogP contribution is 2.42. The molecule has 0 saturated carbocycles. The van der Waals surface area contributed by atoms with Crippen LogP contribution in [0.3, 0.4) is 0 Å². The van der Waals surface area contributed by atoms with Gasteiger partial charge in [-0.15, -0.1) is 0 Å². The number of allylic oxidation sites excluding steroid dienone is 1. The van der Waals surface area contributed by atoms with Crippen LogP contribution in [0.2, 0.25) is 0 Å². The summed E-state index contributed by atoms with van der Waals surface area (Å²) in [7, 11) is 3.25. The molecular formula is C19H22O5. The molecule has 3 atom stereocenters. The molecule has 5 nitrogen and oxygen atoms in total. The fourth-order valence-corrected chi connectivity index (χ4v) is 3.31. The highest BCUT2D eigenvalue weighted by molar-refractivity contribution is 5.75. The average Bonchev–Trinajstić information content (AvgIpc) is 3.07. The van der Waals surface area contributed by atoms with Crippen molar-refractivity contribution in [2.45, 2.75) is 19.3 Å². The predicted molar refractivity (Wildman–Crippen MR) is 88.4 cm³/mol. The van der Waals surface area contributed by atoms with Gasteiger partial charge in [-0.3, -0.25) is 4.79 Å². The number of fused-ring (bicyclic) bond motifs is 1. The van der Waals surface area contributed by atoms with Crippen molar-refractivity contribution in [3.8, 4) is 5.75 Å². The van der Waals surface area contributed by atoms with Crippen LogP contribution in [0, 0.1) is 11.8 Å². The van der Waals surface area contributed by atoms with Crippen molar-refractivity contribution >= 4 is 6.29 Å². The maximum Gasteiger partial charge on any atom is 0.206 e. The Morgan fingerprint density at radius 1 is 1.21 bits per heavy atom. The molecule has 0 spiro atoms. The Morgan fingerprint density at radius 2 is 2.00 bits per heavy atom.